The number of likely N-dealkylation sites (N-methyl/N-ethyl adjacent to an activating group) is 1. The lowest BCUT2D eigenvalue weighted by Crippen LogP contribution is -2.33. The maximum Gasteiger partial charge on any atom is 0.119 e. The van der Waals surface area contributed by atoms with Crippen molar-refractivity contribution in [3.05, 3.63) is 63.1 Å². The highest BCUT2D eigenvalue weighted by atomic mass is 35.5. The monoisotopic (exact) mass is 371 g/mol. The molecule has 0 saturated carbocycles. The lowest BCUT2D eigenvalue weighted by Gasteiger charge is -2.34. The Hall–Kier alpha value is -0.930. The standard InChI is InChI=1S/C18H19Cl2NO.ClH/c1-3-21-10-13-8-14(22-2)5-6-15(13)16(11-21)12-4-7-17(19)18(20)9-12;/h4-9,16H,3,10-11H2,1-2H3;1H. The normalized spacial score (nSPS) is 17.3. The second-order valence-corrected chi connectivity index (χ2v) is 6.43. The van der Waals surface area contributed by atoms with Gasteiger partial charge in [-0.25, -0.2) is 0 Å². The second-order valence-electron chi connectivity index (χ2n) is 5.62. The number of rotatable bonds is 3. The number of fused-ring (bicyclic) bond motifs is 1. The fraction of sp³-hybridized carbons (Fsp3) is 0.333. The van der Waals surface area contributed by atoms with Crippen molar-refractivity contribution < 1.29 is 4.74 Å². The summed E-state index contributed by atoms with van der Waals surface area (Å²) in [5.74, 6) is 1.22. The van der Waals surface area contributed by atoms with Crippen LogP contribution in [0.1, 0.15) is 29.5 Å². The number of halogens is 3. The smallest absolute Gasteiger partial charge is 0.119 e. The number of ether oxygens (including phenoxy) is 1. The molecule has 2 nitrogen and oxygen atoms in total. The average Bonchev–Trinajstić information content (AvgIpc) is 2.55. The summed E-state index contributed by atoms with van der Waals surface area (Å²) in [5, 5.41) is 1.21. The van der Waals surface area contributed by atoms with Gasteiger partial charge in [0.05, 0.1) is 17.2 Å². The van der Waals surface area contributed by atoms with Crippen LogP contribution in [0.15, 0.2) is 36.4 Å². The second kappa shape index (κ2) is 7.76. The fourth-order valence-corrected chi connectivity index (χ4v) is 3.41. The number of hydrogen-bond donors (Lipinski definition) is 0. The minimum absolute atomic E-state index is 0. The largest absolute Gasteiger partial charge is 0.497 e. The molecule has 0 fully saturated rings. The highest BCUT2D eigenvalue weighted by Crippen LogP contribution is 2.37. The van der Waals surface area contributed by atoms with E-state index in [1.54, 1.807) is 7.11 Å². The van der Waals surface area contributed by atoms with Gasteiger partial charge in [0, 0.05) is 19.0 Å². The molecule has 0 radical (unpaired) electrons. The van der Waals surface area contributed by atoms with E-state index in [-0.39, 0.29) is 12.4 Å². The van der Waals surface area contributed by atoms with Crippen LogP contribution in [0.4, 0.5) is 0 Å². The zero-order valence-corrected chi connectivity index (χ0v) is 15.5. The predicted molar refractivity (Wildman–Crippen MR) is 99.5 cm³/mol. The topological polar surface area (TPSA) is 12.5 Å². The van der Waals surface area contributed by atoms with Gasteiger partial charge in [-0.1, -0.05) is 42.3 Å². The Morgan fingerprint density at radius 2 is 1.91 bits per heavy atom. The summed E-state index contributed by atoms with van der Waals surface area (Å²) < 4.78 is 5.37. The third-order valence-corrected chi connectivity index (χ3v) is 5.09. The molecule has 3 rings (SSSR count). The molecular weight excluding hydrogens is 353 g/mol. The lowest BCUT2D eigenvalue weighted by atomic mass is 9.84. The number of nitrogens with zero attached hydrogens (tertiary/aromatic N) is 1. The molecule has 0 amide bonds. The quantitative estimate of drug-likeness (QED) is 0.716. The molecule has 1 atom stereocenters. The Morgan fingerprint density at radius 3 is 2.57 bits per heavy atom. The third kappa shape index (κ3) is 3.77. The van der Waals surface area contributed by atoms with E-state index in [4.69, 9.17) is 27.9 Å². The van der Waals surface area contributed by atoms with Crippen LogP contribution in [-0.4, -0.2) is 25.1 Å². The molecule has 0 saturated heterocycles. The molecule has 1 heterocycles. The molecule has 1 aliphatic heterocycles. The van der Waals surface area contributed by atoms with Crippen LogP contribution in [0.3, 0.4) is 0 Å². The maximum atomic E-state index is 6.21. The Morgan fingerprint density at radius 1 is 1.13 bits per heavy atom. The van der Waals surface area contributed by atoms with Crippen molar-refractivity contribution in [2.75, 3.05) is 20.2 Å². The van der Waals surface area contributed by atoms with Gasteiger partial charge in [0.2, 0.25) is 0 Å². The summed E-state index contributed by atoms with van der Waals surface area (Å²) in [5.41, 5.74) is 3.88. The van der Waals surface area contributed by atoms with Crippen LogP contribution in [0.5, 0.6) is 5.75 Å². The van der Waals surface area contributed by atoms with Gasteiger partial charge in [-0.15, -0.1) is 12.4 Å². The van der Waals surface area contributed by atoms with Gasteiger partial charge in [-0.2, -0.15) is 0 Å². The first-order valence-corrected chi connectivity index (χ1v) is 8.22. The van der Waals surface area contributed by atoms with Crippen LogP contribution >= 0.6 is 35.6 Å². The van der Waals surface area contributed by atoms with Gasteiger partial charge in [0.1, 0.15) is 5.75 Å². The van der Waals surface area contributed by atoms with Crippen molar-refractivity contribution in [3.8, 4) is 5.75 Å². The van der Waals surface area contributed by atoms with Crippen LogP contribution in [0.25, 0.3) is 0 Å². The van der Waals surface area contributed by atoms with E-state index in [1.165, 1.54) is 16.7 Å². The first-order chi connectivity index (χ1) is 10.6. The van der Waals surface area contributed by atoms with Crippen LogP contribution in [0, 0.1) is 0 Å². The van der Waals surface area contributed by atoms with Crippen molar-refractivity contribution in [1.82, 2.24) is 4.90 Å². The van der Waals surface area contributed by atoms with Crippen LogP contribution in [-0.2, 0) is 6.54 Å². The van der Waals surface area contributed by atoms with Gasteiger partial charge in [-0.05, 0) is 47.5 Å². The van der Waals surface area contributed by atoms with Gasteiger partial charge < -0.3 is 4.74 Å². The molecule has 124 valence electrons. The molecule has 0 N–H and O–H groups in total. The molecule has 0 aromatic heterocycles. The Labute approximate surface area is 153 Å². The van der Waals surface area contributed by atoms with Crippen molar-refractivity contribution in [3.63, 3.8) is 0 Å². The van der Waals surface area contributed by atoms with Gasteiger partial charge in [0.15, 0.2) is 0 Å². The van der Waals surface area contributed by atoms with E-state index in [0.717, 1.165) is 25.4 Å². The Bertz CT molecular complexity index is 690. The number of benzene rings is 2. The zero-order valence-electron chi connectivity index (χ0n) is 13.2. The number of hydrogen-bond acceptors (Lipinski definition) is 2. The third-order valence-electron chi connectivity index (χ3n) is 4.35. The van der Waals surface area contributed by atoms with E-state index in [2.05, 4.69) is 30.0 Å². The molecule has 2 aromatic carbocycles. The zero-order chi connectivity index (χ0) is 15.7. The molecule has 5 heteroatoms. The van der Waals surface area contributed by atoms with Crippen LogP contribution < -0.4 is 4.74 Å². The van der Waals surface area contributed by atoms with Gasteiger partial charge >= 0.3 is 0 Å². The molecule has 0 bridgehead atoms. The summed E-state index contributed by atoms with van der Waals surface area (Å²) in [4.78, 5) is 2.44. The number of methoxy groups -OCH3 is 1. The van der Waals surface area contributed by atoms with E-state index in [1.807, 2.05) is 18.2 Å². The van der Waals surface area contributed by atoms with Crippen LogP contribution in [0.2, 0.25) is 10.0 Å². The Kier molecular flexibility index (Phi) is 6.21. The maximum absolute atomic E-state index is 6.21. The van der Waals surface area contributed by atoms with Crippen molar-refractivity contribution in [2.45, 2.75) is 19.4 Å². The van der Waals surface area contributed by atoms with E-state index >= 15 is 0 Å². The minimum atomic E-state index is 0. The van der Waals surface area contributed by atoms with E-state index in [0.29, 0.717) is 16.0 Å². The van der Waals surface area contributed by atoms with E-state index < -0.39 is 0 Å². The summed E-state index contributed by atoms with van der Waals surface area (Å²) in [7, 11) is 1.71. The molecule has 23 heavy (non-hydrogen) atoms. The first-order valence-electron chi connectivity index (χ1n) is 7.46. The summed E-state index contributed by atoms with van der Waals surface area (Å²) in [6, 6.07) is 12.3. The lowest BCUT2D eigenvalue weighted by molar-refractivity contribution is 0.252. The summed E-state index contributed by atoms with van der Waals surface area (Å²) in [6.45, 7) is 5.17. The van der Waals surface area contributed by atoms with Crippen molar-refractivity contribution in [2.24, 2.45) is 0 Å². The van der Waals surface area contributed by atoms with Gasteiger partial charge in [-0.3, -0.25) is 4.90 Å². The molecule has 0 aliphatic carbocycles. The van der Waals surface area contributed by atoms with Crippen molar-refractivity contribution >= 4 is 35.6 Å². The minimum Gasteiger partial charge on any atom is -0.497 e. The molecular formula is C18H20Cl3NO. The SMILES string of the molecule is CCN1Cc2cc(OC)ccc2C(c2ccc(Cl)c(Cl)c2)C1.Cl. The summed E-state index contributed by atoms with van der Waals surface area (Å²) in [6.07, 6.45) is 0. The molecule has 0 spiro atoms. The predicted octanol–water partition coefficient (Wildman–Crippen LogP) is 5.39. The fourth-order valence-electron chi connectivity index (χ4n) is 3.10. The van der Waals surface area contributed by atoms with E-state index in [9.17, 15) is 0 Å². The summed E-state index contributed by atoms with van der Waals surface area (Å²) >= 11 is 12.3. The average molecular weight is 373 g/mol. The van der Waals surface area contributed by atoms with Crippen molar-refractivity contribution in [1.29, 1.82) is 0 Å². The molecule has 1 aliphatic rings. The highest BCUT2D eigenvalue weighted by Gasteiger charge is 2.26. The molecule has 1 unspecified atom stereocenters. The van der Waals surface area contributed by atoms with Gasteiger partial charge in [0.25, 0.3) is 0 Å². The first kappa shape index (κ1) is 18.4. The molecule has 2 aromatic rings. The highest BCUT2D eigenvalue weighted by molar-refractivity contribution is 6.42. The Balaban J connectivity index is 0.00000192.